The number of aryl methyl sites for hydroxylation is 2. The number of aromatic nitrogens is 1. The van der Waals surface area contributed by atoms with Gasteiger partial charge in [0.2, 0.25) is 0 Å². The summed E-state index contributed by atoms with van der Waals surface area (Å²) < 4.78 is 0. The number of rotatable bonds is 5. The number of nitrogens with two attached hydrogens (primary N) is 1. The molecule has 2 rings (SSSR count). The van der Waals surface area contributed by atoms with Crippen LogP contribution in [0.25, 0.3) is 0 Å². The van der Waals surface area contributed by atoms with Crippen molar-refractivity contribution in [2.24, 2.45) is 5.73 Å². The maximum atomic E-state index is 6.20. The van der Waals surface area contributed by atoms with Crippen LogP contribution in [0, 0.1) is 6.92 Å². The molecule has 2 N–H and O–H groups in total. The van der Waals surface area contributed by atoms with Gasteiger partial charge in [-0.05, 0) is 48.9 Å². The molecular formula is C16H20N2. The van der Waals surface area contributed by atoms with Crippen molar-refractivity contribution < 1.29 is 0 Å². The first-order valence-corrected chi connectivity index (χ1v) is 6.44. The Bertz CT molecular complexity index is 479. The molecule has 0 fully saturated rings. The van der Waals surface area contributed by atoms with Gasteiger partial charge in [-0.25, -0.2) is 0 Å². The number of nitrogens with zero attached hydrogens (tertiary/aromatic N) is 1. The fourth-order valence-electron chi connectivity index (χ4n) is 2.12. The highest BCUT2D eigenvalue weighted by atomic mass is 14.6. The summed E-state index contributed by atoms with van der Waals surface area (Å²) in [4.78, 5) is 4.12. The molecule has 1 unspecified atom stereocenters. The van der Waals surface area contributed by atoms with E-state index < -0.39 is 0 Å². The second kappa shape index (κ2) is 6.31. The molecule has 0 spiro atoms. The average Bonchev–Trinajstić information content (AvgIpc) is 2.40. The van der Waals surface area contributed by atoms with Crippen molar-refractivity contribution in [1.82, 2.24) is 4.98 Å². The second-order valence-corrected chi connectivity index (χ2v) is 4.79. The first-order chi connectivity index (χ1) is 8.75. The van der Waals surface area contributed by atoms with E-state index >= 15 is 0 Å². The minimum absolute atomic E-state index is 0.214. The van der Waals surface area contributed by atoms with Gasteiger partial charge in [0.15, 0.2) is 0 Å². The Morgan fingerprint density at radius 3 is 2.72 bits per heavy atom. The summed E-state index contributed by atoms with van der Waals surface area (Å²) in [7, 11) is 0. The summed E-state index contributed by atoms with van der Waals surface area (Å²) in [6, 6.07) is 12.8. The van der Waals surface area contributed by atoms with Crippen LogP contribution in [-0.4, -0.2) is 11.0 Å². The lowest BCUT2D eigenvalue weighted by atomic mass is 9.97. The molecule has 2 heteroatoms. The largest absolute Gasteiger partial charge is 0.327 e. The Kier molecular flexibility index (Phi) is 4.48. The van der Waals surface area contributed by atoms with Crippen LogP contribution in [0.2, 0.25) is 0 Å². The smallest absolute Gasteiger partial charge is 0.0299 e. The quantitative estimate of drug-likeness (QED) is 0.872. The third-order valence-electron chi connectivity index (χ3n) is 3.27. The molecule has 0 saturated heterocycles. The number of pyridine rings is 1. The molecule has 0 radical (unpaired) electrons. The molecule has 1 aromatic heterocycles. The fraction of sp³-hybridized carbons (Fsp3) is 0.312. The van der Waals surface area contributed by atoms with Crippen molar-refractivity contribution >= 4 is 0 Å². The van der Waals surface area contributed by atoms with Gasteiger partial charge >= 0.3 is 0 Å². The molecule has 0 amide bonds. The number of hydrogen-bond acceptors (Lipinski definition) is 2. The predicted molar refractivity (Wildman–Crippen MR) is 75.4 cm³/mol. The molecule has 0 aliphatic rings. The Morgan fingerprint density at radius 1 is 1.17 bits per heavy atom. The molecule has 1 aromatic carbocycles. The maximum absolute atomic E-state index is 6.20. The van der Waals surface area contributed by atoms with Gasteiger partial charge in [-0.2, -0.15) is 0 Å². The van der Waals surface area contributed by atoms with Gasteiger partial charge in [-0.15, -0.1) is 0 Å². The lowest BCUT2D eigenvalue weighted by molar-refractivity contribution is 0.608. The molecule has 2 aromatic rings. The van der Waals surface area contributed by atoms with Gasteiger partial charge in [0, 0.05) is 18.4 Å². The van der Waals surface area contributed by atoms with Gasteiger partial charge in [-0.1, -0.05) is 30.3 Å². The van der Waals surface area contributed by atoms with Crippen molar-refractivity contribution in [3.05, 3.63) is 65.5 Å². The van der Waals surface area contributed by atoms with Gasteiger partial charge in [0.05, 0.1) is 0 Å². The van der Waals surface area contributed by atoms with Crippen LogP contribution >= 0.6 is 0 Å². The first-order valence-electron chi connectivity index (χ1n) is 6.44. The number of benzene rings is 1. The zero-order valence-electron chi connectivity index (χ0n) is 10.8. The summed E-state index contributed by atoms with van der Waals surface area (Å²) >= 11 is 0. The standard InChI is InChI=1S/C16H20N2/c1-13-5-2-3-7-15(13)11-16(17)9-8-14-6-4-10-18-12-14/h2-7,10,12,16H,8-9,11,17H2,1H3. The molecule has 94 valence electrons. The van der Waals surface area contributed by atoms with E-state index in [0.29, 0.717) is 0 Å². The average molecular weight is 240 g/mol. The Labute approximate surface area is 109 Å². The van der Waals surface area contributed by atoms with Gasteiger partial charge in [0.25, 0.3) is 0 Å². The van der Waals surface area contributed by atoms with Crippen LogP contribution in [-0.2, 0) is 12.8 Å². The summed E-state index contributed by atoms with van der Waals surface area (Å²) in [6.07, 6.45) is 6.67. The topological polar surface area (TPSA) is 38.9 Å². The molecule has 0 bridgehead atoms. The van der Waals surface area contributed by atoms with Crippen LogP contribution in [0.1, 0.15) is 23.1 Å². The summed E-state index contributed by atoms with van der Waals surface area (Å²) in [5, 5.41) is 0. The van der Waals surface area contributed by atoms with Crippen molar-refractivity contribution in [2.75, 3.05) is 0 Å². The molecule has 1 atom stereocenters. The van der Waals surface area contributed by atoms with Crippen molar-refractivity contribution in [3.63, 3.8) is 0 Å². The highest BCUT2D eigenvalue weighted by Gasteiger charge is 2.06. The normalized spacial score (nSPS) is 12.3. The second-order valence-electron chi connectivity index (χ2n) is 4.79. The van der Waals surface area contributed by atoms with E-state index in [9.17, 15) is 0 Å². The molecule has 1 heterocycles. The zero-order valence-corrected chi connectivity index (χ0v) is 10.8. The first kappa shape index (κ1) is 12.8. The minimum Gasteiger partial charge on any atom is -0.327 e. The highest BCUT2D eigenvalue weighted by Crippen LogP contribution is 2.11. The minimum atomic E-state index is 0.214. The van der Waals surface area contributed by atoms with E-state index in [4.69, 9.17) is 5.73 Å². The molecule has 18 heavy (non-hydrogen) atoms. The van der Waals surface area contributed by atoms with E-state index in [1.54, 1.807) is 6.20 Å². The molecule has 0 aliphatic carbocycles. The highest BCUT2D eigenvalue weighted by molar-refractivity contribution is 5.26. The fourth-order valence-corrected chi connectivity index (χ4v) is 2.12. The van der Waals surface area contributed by atoms with Crippen molar-refractivity contribution in [2.45, 2.75) is 32.2 Å². The van der Waals surface area contributed by atoms with Gasteiger partial charge in [0.1, 0.15) is 0 Å². The van der Waals surface area contributed by atoms with Gasteiger partial charge < -0.3 is 5.73 Å². The maximum Gasteiger partial charge on any atom is 0.0299 e. The molecular weight excluding hydrogens is 220 g/mol. The number of hydrogen-bond donors (Lipinski definition) is 1. The molecule has 2 nitrogen and oxygen atoms in total. The van der Waals surface area contributed by atoms with E-state index in [1.807, 2.05) is 12.3 Å². The Hall–Kier alpha value is -1.67. The summed E-state index contributed by atoms with van der Waals surface area (Å²) in [5.41, 5.74) is 10.1. The van der Waals surface area contributed by atoms with Gasteiger partial charge in [-0.3, -0.25) is 4.98 Å². The zero-order chi connectivity index (χ0) is 12.8. The van der Waals surface area contributed by atoms with Crippen LogP contribution in [0.4, 0.5) is 0 Å². The van der Waals surface area contributed by atoms with Crippen LogP contribution < -0.4 is 5.73 Å². The third-order valence-corrected chi connectivity index (χ3v) is 3.27. The summed E-state index contributed by atoms with van der Waals surface area (Å²) in [5.74, 6) is 0. The van der Waals surface area contributed by atoms with Crippen LogP contribution in [0.5, 0.6) is 0 Å². The predicted octanol–water partition coefficient (Wildman–Crippen LogP) is 2.89. The summed E-state index contributed by atoms with van der Waals surface area (Å²) in [6.45, 7) is 2.14. The van der Waals surface area contributed by atoms with Crippen molar-refractivity contribution in [1.29, 1.82) is 0 Å². The lowest BCUT2D eigenvalue weighted by Gasteiger charge is -2.13. The SMILES string of the molecule is Cc1ccccc1CC(N)CCc1cccnc1. The monoisotopic (exact) mass is 240 g/mol. The van der Waals surface area contributed by atoms with Crippen molar-refractivity contribution in [3.8, 4) is 0 Å². The van der Waals surface area contributed by atoms with E-state index in [0.717, 1.165) is 19.3 Å². The van der Waals surface area contributed by atoms with E-state index in [2.05, 4.69) is 42.2 Å². The van der Waals surface area contributed by atoms with Crippen LogP contribution in [0.3, 0.4) is 0 Å². The molecule has 0 aliphatic heterocycles. The molecule has 0 saturated carbocycles. The van der Waals surface area contributed by atoms with E-state index in [-0.39, 0.29) is 6.04 Å². The Morgan fingerprint density at radius 2 is 2.00 bits per heavy atom. The Balaban J connectivity index is 1.86. The third kappa shape index (κ3) is 3.67. The lowest BCUT2D eigenvalue weighted by Crippen LogP contribution is -2.23. The van der Waals surface area contributed by atoms with Crippen LogP contribution in [0.15, 0.2) is 48.8 Å². The van der Waals surface area contributed by atoms with E-state index in [1.165, 1.54) is 16.7 Å².